The van der Waals surface area contributed by atoms with Gasteiger partial charge in [-0.15, -0.1) is 0 Å². The minimum atomic E-state index is -0.416. The second kappa shape index (κ2) is 12.4. The Hall–Kier alpha value is -4.84. The first kappa shape index (κ1) is 30.8. The Balaban J connectivity index is 0.977. The van der Waals surface area contributed by atoms with Crippen LogP contribution in [0.15, 0.2) is 42.6 Å². The van der Waals surface area contributed by atoms with E-state index in [2.05, 4.69) is 44.4 Å². The number of imide groups is 1. The van der Waals surface area contributed by atoms with Crippen LogP contribution in [0.25, 0.3) is 10.9 Å². The zero-order valence-corrected chi connectivity index (χ0v) is 27.3. The third-order valence-electron chi connectivity index (χ3n) is 9.49. The molecule has 1 saturated carbocycles. The van der Waals surface area contributed by atoms with Gasteiger partial charge in [0.1, 0.15) is 11.2 Å². The summed E-state index contributed by atoms with van der Waals surface area (Å²) in [6.07, 6.45) is 9.07. The van der Waals surface area contributed by atoms with Gasteiger partial charge in [-0.3, -0.25) is 24.4 Å². The molecule has 12 nitrogen and oxygen atoms in total. The van der Waals surface area contributed by atoms with E-state index >= 15 is 0 Å². The molecule has 1 saturated heterocycles. The smallest absolute Gasteiger partial charge is 0.382 e. The third-order valence-corrected chi connectivity index (χ3v) is 9.77. The van der Waals surface area contributed by atoms with Crippen LogP contribution < -0.4 is 20.9 Å². The molecule has 3 aliphatic rings. The van der Waals surface area contributed by atoms with E-state index in [1.54, 1.807) is 18.1 Å². The van der Waals surface area contributed by atoms with E-state index in [0.29, 0.717) is 48.0 Å². The van der Waals surface area contributed by atoms with Crippen LogP contribution in [-0.4, -0.2) is 68.4 Å². The highest BCUT2D eigenvalue weighted by molar-refractivity contribution is 6.32. The molecule has 2 fully saturated rings. The Morgan fingerprint density at radius 2 is 1.81 bits per heavy atom. The number of carbonyl (C=O) groups excluding carboxylic acids is 3. The van der Waals surface area contributed by atoms with E-state index in [-0.39, 0.29) is 17.7 Å². The van der Waals surface area contributed by atoms with Crippen molar-refractivity contribution in [2.24, 2.45) is 13.0 Å². The number of nitrogens with one attached hydrogen (secondary N) is 3. The molecular weight excluding hydrogens is 618 g/mol. The van der Waals surface area contributed by atoms with E-state index < -0.39 is 5.92 Å². The number of nitrogens with zero attached hydrogens (tertiary/aromatic N) is 6. The van der Waals surface area contributed by atoms with E-state index in [1.807, 2.05) is 47.6 Å². The van der Waals surface area contributed by atoms with E-state index in [0.717, 1.165) is 64.9 Å². The predicted molar refractivity (Wildman–Crippen MR) is 181 cm³/mol. The van der Waals surface area contributed by atoms with Crippen molar-refractivity contribution >= 4 is 75.3 Å². The van der Waals surface area contributed by atoms with Crippen molar-refractivity contribution < 1.29 is 19.0 Å². The van der Waals surface area contributed by atoms with Gasteiger partial charge >= 0.3 is 5.95 Å². The summed E-state index contributed by atoms with van der Waals surface area (Å²) in [7, 11) is 5.63. The number of hydrogen-bond donors (Lipinski definition) is 3. The standard InChI is InChI=1S/C34H36ClN9O3/c1-42(34-36-17-26(35)32(40-34)38-22-9-12-27-20(14-22)15-30(46)43(27)2)18-19-4-6-21(7-5-19)37-23-8-10-24-28(16-23)44(3)41-31(24)25-11-13-29(45)39-33(25)47/h8-10,12,14,16-19,21,25H,4-7,11,13,15H2,1-3H3,(H2-,36,37,38,39,40,41,45,47)/p+1/b42-18-. The molecule has 2 aliphatic heterocycles. The number of carbonyl (C=O) groups is 3. The average Bonchev–Trinajstić information content (AvgIpc) is 3.52. The number of anilines is 4. The molecule has 1 unspecified atom stereocenters. The average molecular weight is 655 g/mol. The van der Waals surface area contributed by atoms with Crippen LogP contribution in [-0.2, 0) is 27.9 Å². The summed E-state index contributed by atoms with van der Waals surface area (Å²) < 4.78 is 3.78. The van der Waals surface area contributed by atoms with Gasteiger partial charge in [0.05, 0.1) is 30.6 Å². The monoisotopic (exact) mass is 654 g/mol. The number of likely N-dealkylation sites (N-methyl/N-ethyl adjacent to an activating group) is 1. The van der Waals surface area contributed by atoms with Crippen molar-refractivity contribution in [2.75, 3.05) is 29.6 Å². The van der Waals surface area contributed by atoms with Gasteiger partial charge in [-0.1, -0.05) is 16.6 Å². The fourth-order valence-corrected chi connectivity index (χ4v) is 7.06. The highest BCUT2D eigenvalue weighted by Gasteiger charge is 2.32. The fraction of sp³-hybridized carbons (Fsp3) is 0.382. The lowest BCUT2D eigenvalue weighted by Crippen LogP contribution is -2.39. The maximum atomic E-state index is 12.5. The lowest BCUT2D eigenvalue weighted by atomic mass is 9.86. The SMILES string of the molecule is CN1C(=O)Cc2cc(Nc3nc(/[N+](C)=C\C4CCC(Nc5ccc6c(C7CCC(=O)NC7=O)nn(C)c6c5)CC4)ncc3Cl)ccc21. The summed E-state index contributed by atoms with van der Waals surface area (Å²) in [5, 5.41) is 15.5. The first-order valence-electron chi connectivity index (χ1n) is 16.0. The quantitative estimate of drug-likeness (QED) is 0.147. The van der Waals surface area contributed by atoms with Gasteiger partial charge in [0.2, 0.25) is 23.5 Å². The van der Waals surface area contributed by atoms with Gasteiger partial charge < -0.3 is 15.5 Å². The number of piperidine rings is 1. The summed E-state index contributed by atoms with van der Waals surface area (Å²) in [5.41, 5.74) is 5.41. The number of halogens is 1. The topological polar surface area (TPSA) is 137 Å². The Kier molecular flexibility index (Phi) is 8.13. The van der Waals surface area contributed by atoms with Crippen LogP contribution in [0.4, 0.5) is 28.8 Å². The summed E-state index contributed by atoms with van der Waals surface area (Å²) in [6, 6.07) is 12.3. The van der Waals surface area contributed by atoms with E-state index in [9.17, 15) is 14.4 Å². The second-order valence-electron chi connectivity index (χ2n) is 12.7. The van der Waals surface area contributed by atoms with E-state index in [4.69, 9.17) is 16.6 Å². The Morgan fingerprint density at radius 3 is 2.60 bits per heavy atom. The van der Waals surface area contributed by atoms with Crippen LogP contribution >= 0.6 is 11.6 Å². The molecule has 4 aromatic rings. The molecule has 2 aromatic carbocycles. The van der Waals surface area contributed by atoms with Gasteiger partial charge in [0, 0.05) is 61.1 Å². The highest BCUT2D eigenvalue weighted by Crippen LogP contribution is 2.34. The molecule has 0 radical (unpaired) electrons. The molecule has 2 aromatic heterocycles. The highest BCUT2D eigenvalue weighted by atomic mass is 35.5. The number of aromatic nitrogens is 4. The summed E-state index contributed by atoms with van der Waals surface area (Å²) >= 11 is 6.46. The largest absolute Gasteiger partial charge is 0.434 e. The van der Waals surface area contributed by atoms with Gasteiger partial charge in [0.15, 0.2) is 0 Å². The van der Waals surface area contributed by atoms with E-state index in [1.165, 1.54) is 0 Å². The summed E-state index contributed by atoms with van der Waals surface area (Å²) in [4.78, 5) is 47.0. The maximum absolute atomic E-state index is 12.5. The molecule has 3 amide bonds. The van der Waals surface area contributed by atoms with Crippen LogP contribution in [0.2, 0.25) is 5.02 Å². The molecule has 242 valence electrons. The molecule has 0 spiro atoms. The van der Waals surface area contributed by atoms with Gasteiger partial charge in [0.25, 0.3) is 0 Å². The van der Waals surface area contributed by atoms with Gasteiger partial charge in [-0.05, 0) is 79.0 Å². The lowest BCUT2D eigenvalue weighted by molar-refractivity contribution is -0.411. The maximum Gasteiger partial charge on any atom is 0.434 e. The van der Waals surface area contributed by atoms with Crippen LogP contribution in [0.5, 0.6) is 0 Å². The Morgan fingerprint density at radius 1 is 1.02 bits per heavy atom. The third kappa shape index (κ3) is 6.17. The Bertz CT molecular complexity index is 1950. The first-order valence-corrected chi connectivity index (χ1v) is 16.3. The molecule has 1 aliphatic carbocycles. The number of benzene rings is 2. The van der Waals surface area contributed by atoms with Crippen molar-refractivity contribution in [3.63, 3.8) is 0 Å². The first-order chi connectivity index (χ1) is 22.6. The van der Waals surface area contributed by atoms with Gasteiger partial charge in [-0.2, -0.15) is 5.10 Å². The molecular formula is C34H37ClN9O3+. The van der Waals surface area contributed by atoms with Crippen LogP contribution in [0, 0.1) is 5.92 Å². The van der Waals surface area contributed by atoms with Crippen molar-refractivity contribution in [1.82, 2.24) is 25.1 Å². The predicted octanol–water partition coefficient (Wildman–Crippen LogP) is 4.81. The van der Waals surface area contributed by atoms with Crippen LogP contribution in [0.3, 0.4) is 0 Å². The minimum Gasteiger partial charge on any atom is -0.382 e. The zero-order chi connectivity index (χ0) is 32.8. The molecule has 7 rings (SSSR count). The number of amides is 3. The number of fused-ring (bicyclic) bond motifs is 2. The van der Waals surface area contributed by atoms with Crippen molar-refractivity contribution in [2.45, 2.75) is 56.9 Å². The number of rotatable bonds is 7. The normalized spacial score (nSPS) is 21.6. The van der Waals surface area contributed by atoms with Crippen molar-refractivity contribution in [1.29, 1.82) is 0 Å². The number of hydrogen-bond acceptors (Lipinski definition) is 8. The second-order valence-corrected chi connectivity index (χ2v) is 13.1. The molecule has 4 heterocycles. The fourth-order valence-electron chi connectivity index (χ4n) is 6.92. The molecule has 0 bridgehead atoms. The van der Waals surface area contributed by atoms with Gasteiger partial charge in [-0.25, -0.2) is 4.58 Å². The Labute approximate surface area is 277 Å². The summed E-state index contributed by atoms with van der Waals surface area (Å²) in [6.45, 7) is 0. The number of aryl methyl sites for hydroxylation is 1. The molecule has 47 heavy (non-hydrogen) atoms. The zero-order valence-electron chi connectivity index (χ0n) is 26.6. The molecule has 13 heteroatoms. The van der Waals surface area contributed by atoms with Crippen molar-refractivity contribution in [3.05, 3.63) is 58.9 Å². The molecule has 3 N–H and O–H groups in total. The molecule has 1 atom stereocenters. The van der Waals surface area contributed by atoms with Crippen molar-refractivity contribution in [3.8, 4) is 0 Å². The lowest BCUT2D eigenvalue weighted by Gasteiger charge is -2.28. The minimum absolute atomic E-state index is 0.0785. The van der Waals surface area contributed by atoms with Crippen LogP contribution in [0.1, 0.15) is 55.7 Å². The summed E-state index contributed by atoms with van der Waals surface area (Å²) in [5.74, 6) is 0.612.